The van der Waals surface area contributed by atoms with E-state index in [1.54, 1.807) is 0 Å². The van der Waals surface area contributed by atoms with Gasteiger partial charge in [0.25, 0.3) is 0 Å². The molecule has 16 heavy (non-hydrogen) atoms. The Labute approximate surface area is 96.6 Å². The molecule has 1 aliphatic heterocycles. The fourth-order valence-corrected chi connectivity index (χ4v) is 2.43. The molecule has 1 saturated heterocycles. The SMILES string of the molecule is CC(C)(C=O)[C@@H]1OCC[C@H]1c1ccccc1. The third-order valence-electron chi connectivity index (χ3n) is 3.36. The van der Waals surface area contributed by atoms with Crippen LogP contribution in [0, 0.1) is 5.41 Å². The molecule has 0 spiro atoms. The Bertz CT molecular complexity index is 356. The molecule has 0 radical (unpaired) electrons. The highest BCUT2D eigenvalue weighted by molar-refractivity contribution is 5.59. The van der Waals surface area contributed by atoms with E-state index < -0.39 is 5.41 Å². The number of carbonyl (C=O) groups is 1. The van der Waals surface area contributed by atoms with Crippen LogP contribution in [0.4, 0.5) is 0 Å². The maximum absolute atomic E-state index is 11.1. The highest BCUT2D eigenvalue weighted by Crippen LogP contribution is 2.39. The first kappa shape index (κ1) is 11.3. The summed E-state index contributed by atoms with van der Waals surface area (Å²) in [4.78, 5) is 11.1. The summed E-state index contributed by atoms with van der Waals surface area (Å²) in [5.74, 6) is 0.349. The number of hydrogen-bond acceptors (Lipinski definition) is 2. The largest absolute Gasteiger partial charge is 0.377 e. The van der Waals surface area contributed by atoms with Crippen LogP contribution in [-0.4, -0.2) is 19.0 Å². The van der Waals surface area contributed by atoms with Crippen molar-refractivity contribution in [3.63, 3.8) is 0 Å². The molecule has 0 saturated carbocycles. The minimum Gasteiger partial charge on any atom is -0.377 e. The van der Waals surface area contributed by atoms with Gasteiger partial charge in [-0.3, -0.25) is 0 Å². The van der Waals surface area contributed by atoms with Crippen molar-refractivity contribution in [3.05, 3.63) is 35.9 Å². The van der Waals surface area contributed by atoms with Crippen molar-refractivity contribution < 1.29 is 9.53 Å². The zero-order valence-electron chi connectivity index (χ0n) is 9.85. The second-order valence-corrected chi connectivity index (χ2v) is 5.04. The van der Waals surface area contributed by atoms with Gasteiger partial charge < -0.3 is 9.53 Å². The lowest BCUT2D eigenvalue weighted by Gasteiger charge is -2.29. The summed E-state index contributed by atoms with van der Waals surface area (Å²) < 4.78 is 5.74. The molecule has 2 nitrogen and oxygen atoms in total. The third-order valence-corrected chi connectivity index (χ3v) is 3.36. The molecule has 0 aliphatic carbocycles. The predicted octanol–water partition coefficient (Wildman–Crippen LogP) is 2.78. The van der Waals surface area contributed by atoms with E-state index in [1.165, 1.54) is 5.56 Å². The first-order chi connectivity index (χ1) is 7.65. The van der Waals surface area contributed by atoms with Gasteiger partial charge in [0.2, 0.25) is 0 Å². The van der Waals surface area contributed by atoms with Crippen molar-refractivity contribution in [1.29, 1.82) is 0 Å². The summed E-state index contributed by atoms with van der Waals surface area (Å²) in [6.45, 7) is 4.65. The summed E-state index contributed by atoms with van der Waals surface area (Å²) in [6.07, 6.45) is 2.03. The average Bonchev–Trinajstić information content (AvgIpc) is 2.80. The molecule has 0 N–H and O–H groups in total. The van der Waals surface area contributed by atoms with Crippen molar-refractivity contribution in [2.24, 2.45) is 5.41 Å². The van der Waals surface area contributed by atoms with E-state index in [0.717, 1.165) is 19.3 Å². The summed E-state index contributed by atoms with van der Waals surface area (Å²) in [5.41, 5.74) is 0.872. The lowest BCUT2D eigenvalue weighted by atomic mass is 9.78. The Morgan fingerprint density at radius 1 is 1.31 bits per heavy atom. The van der Waals surface area contributed by atoms with Gasteiger partial charge in [0.05, 0.1) is 6.10 Å². The zero-order chi connectivity index (χ0) is 11.6. The van der Waals surface area contributed by atoms with E-state index in [9.17, 15) is 4.79 Å². The van der Waals surface area contributed by atoms with Crippen molar-refractivity contribution >= 4 is 6.29 Å². The standard InChI is InChI=1S/C14H18O2/c1-14(2,10-15)13-12(8-9-16-13)11-6-4-3-5-7-11/h3-7,10,12-13H,8-9H2,1-2H3/t12-,13+/m0/s1. The molecule has 1 aromatic carbocycles. The average molecular weight is 218 g/mol. The normalized spacial score (nSPS) is 25.6. The van der Waals surface area contributed by atoms with E-state index in [-0.39, 0.29) is 6.10 Å². The van der Waals surface area contributed by atoms with Crippen LogP contribution in [-0.2, 0) is 9.53 Å². The van der Waals surface area contributed by atoms with Crippen molar-refractivity contribution in [2.75, 3.05) is 6.61 Å². The predicted molar refractivity (Wildman–Crippen MR) is 63.4 cm³/mol. The monoisotopic (exact) mass is 218 g/mol. The molecular formula is C14H18O2. The Morgan fingerprint density at radius 3 is 2.62 bits per heavy atom. The van der Waals surface area contributed by atoms with Crippen LogP contribution in [0.15, 0.2) is 30.3 Å². The van der Waals surface area contributed by atoms with Crippen LogP contribution < -0.4 is 0 Å². The molecule has 2 rings (SSSR count). The van der Waals surface area contributed by atoms with Gasteiger partial charge >= 0.3 is 0 Å². The molecule has 0 unspecified atom stereocenters. The molecule has 1 aliphatic rings. The molecule has 2 heteroatoms. The number of hydrogen-bond donors (Lipinski definition) is 0. The molecule has 1 heterocycles. The van der Waals surface area contributed by atoms with Gasteiger partial charge in [0.15, 0.2) is 0 Å². The molecule has 1 fully saturated rings. The lowest BCUT2D eigenvalue weighted by molar-refractivity contribution is -0.121. The van der Waals surface area contributed by atoms with Gasteiger partial charge in [-0.2, -0.15) is 0 Å². The first-order valence-electron chi connectivity index (χ1n) is 5.78. The number of rotatable bonds is 3. The minimum atomic E-state index is -0.406. The molecule has 86 valence electrons. The van der Waals surface area contributed by atoms with Crippen molar-refractivity contribution in [1.82, 2.24) is 0 Å². The number of ether oxygens (including phenoxy) is 1. The van der Waals surface area contributed by atoms with Crippen molar-refractivity contribution in [3.8, 4) is 0 Å². The quantitative estimate of drug-likeness (QED) is 0.729. The fraction of sp³-hybridized carbons (Fsp3) is 0.500. The first-order valence-corrected chi connectivity index (χ1v) is 5.78. The second-order valence-electron chi connectivity index (χ2n) is 5.04. The fourth-order valence-electron chi connectivity index (χ4n) is 2.43. The van der Waals surface area contributed by atoms with Gasteiger partial charge in [-0.05, 0) is 12.0 Å². The maximum Gasteiger partial charge on any atom is 0.128 e. The molecule has 0 amide bonds. The Kier molecular flexibility index (Phi) is 3.10. The van der Waals surface area contributed by atoms with Crippen molar-refractivity contribution in [2.45, 2.75) is 32.3 Å². The zero-order valence-corrected chi connectivity index (χ0v) is 9.85. The molecule has 0 aromatic heterocycles. The lowest BCUT2D eigenvalue weighted by Crippen LogP contribution is -2.34. The second kappa shape index (κ2) is 4.38. The summed E-state index contributed by atoms with van der Waals surface area (Å²) in [6, 6.07) is 10.3. The molecule has 2 atom stereocenters. The number of aldehydes is 1. The van der Waals surface area contributed by atoms with Gasteiger partial charge in [0.1, 0.15) is 6.29 Å². The Balaban J connectivity index is 2.25. The van der Waals surface area contributed by atoms with Gasteiger partial charge in [-0.15, -0.1) is 0 Å². The topological polar surface area (TPSA) is 26.3 Å². The molecule has 1 aromatic rings. The minimum absolute atomic E-state index is 0.00685. The third kappa shape index (κ3) is 2.03. The van der Waals surface area contributed by atoms with E-state index in [4.69, 9.17) is 4.74 Å². The van der Waals surface area contributed by atoms with Gasteiger partial charge in [-0.25, -0.2) is 0 Å². The van der Waals surface area contributed by atoms with Crippen LogP contribution >= 0.6 is 0 Å². The van der Waals surface area contributed by atoms with Gasteiger partial charge in [0, 0.05) is 17.9 Å². The smallest absolute Gasteiger partial charge is 0.128 e. The Hall–Kier alpha value is -1.15. The summed E-state index contributed by atoms with van der Waals surface area (Å²) in [7, 11) is 0. The van der Waals surface area contributed by atoms with E-state index >= 15 is 0 Å². The molecular weight excluding hydrogens is 200 g/mol. The summed E-state index contributed by atoms with van der Waals surface area (Å²) >= 11 is 0. The van der Waals surface area contributed by atoms with E-state index in [2.05, 4.69) is 12.1 Å². The summed E-state index contributed by atoms with van der Waals surface area (Å²) in [5, 5.41) is 0. The van der Waals surface area contributed by atoms with Gasteiger partial charge in [-0.1, -0.05) is 44.2 Å². The molecule has 0 bridgehead atoms. The highest BCUT2D eigenvalue weighted by Gasteiger charge is 2.40. The van der Waals surface area contributed by atoms with E-state index in [1.807, 2.05) is 32.0 Å². The van der Waals surface area contributed by atoms with Crippen LogP contribution in [0.25, 0.3) is 0 Å². The van der Waals surface area contributed by atoms with Crippen LogP contribution in [0.5, 0.6) is 0 Å². The highest BCUT2D eigenvalue weighted by atomic mass is 16.5. The van der Waals surface area contributed by atoms with Crippen LogP contribution in [0.3, 0.4) is 0 Å². The van der Waals surface area contributed by atoms with Crippen LogP contribution in [0.1, 0.15) is 31.7 Å². The van der Waals surface area contributed by atoms with Crippen LogP contribution in [0.2, 0.25) is 0 Å². The maximum atomic E-state index is 11.1. The number of carbonyl (C=O) groups excluding carboxylic acids is 1. The van der Waals surface area contributed by atoms with E-state index in [0.29, 0.717) is 5.92 Å². The Morgan fingerprint density at radius 2 is 2.00 bits per heavy atom. The number of benzene rings is 1.